The number of aromatic nitrogens is 1. The predicted octanol–water partition coefficient (Wildman–Crippen LogP) is 2.32. The number of anilines is 1. The zero-order valence-corrected chi connectivity index (χ0v) is 13.3. The molecule has 6 heteroatoms. The molecule has 0 bridgehead atoms. The van der Waals surface area contributed by atoms with E-state index in [-0.39, 0.29) is 0 Å². The third-order valence-corrected chi connectivity index (χ3v) is 6.74. The Hall–Kier alpha value is -1.14. The average molecular weight is 309 g/mol. The van der Waals surface area contributed by atoms with Crippen molar-refractivity contribution in [3.05, 3.63) is 18.3 Å². The van der Waals surface area contributed by atoms with Gasteiger partial charge in [0, 0.05) is 32.4 Å². The average Bonchev–Trinajstić information content (AvgIpc) is 2.54. The van der Waals surface area contributed by atoms with Gasteiger partial charge in [0.25, 0.3) is 0 Å². The summed E-state index contributed by atoms with van der Waals surface area (Å²) in [7, 11) is -1.65. The predicted molar refractivity (Wildman–Crippen MR) is 82.6 cm³/mol. The number of rotatable bonds is 3. The highest BCUT2D eigenvalue weighted by Crippen LogP contribution is 2.37. The van der Waals surface area contributed by atoms with Crippen LogP contribution in [-0.2, 0) is 10.0 Å². The largest absolute Gasteiger partial charge is 0.373 e. The van der Waals surface area contributed by atoms with Crippen LogP contribution in [-0.4, -0.2) is 37.8 Å². The van der Waals surface area contributed by atoms with Gasteiger partial charge in [-0.15, -0.1) is 0 Å². The van der Waals surface area contributed by atoms with Crippen molar-refractivity contribution in [1.82, 2.24) is 9.29 Å². The van der Waals surface area contributed by atoms with E-state index in [1.54, 1.807) is 29.7 Å². The van der Waals surface area contributed by atoms with Crippen molar-refractivity contribution in [3.8, 4) is 0 Å². The number of fused-ring (bicyclic) bond motifs is 1. The molecule has 0 amide bonds. The molecule has 3 rings (SSSR count). The minimum atomic E-state index is -3.39. The second-order valence-corrected chi connectivity index (χ2v) is 8.02. The zero-order valence-electron chi connectivity index (χ0n) is 12.5. The minimum absolute atomic E-state index is 0.344. The Labute approximate surface area is 126 Å². The Morgan fingerprint density at radius 1 is 1.24 bits per heavy atom. The summed E-state index contributed by atoms with van der Waals surface area (Å²) < 4.78 is 27.3. The number of piperidine rings is 1. The fourth-order valence-corrected chi connectivity index (χ4v) is 5.17. The molecule has 1 aliphatic heterocycles. The van der Waals surface area contributed by atoms with Gasteiger partial charge in [0.05, 0.1) is 4.90 Å². The molecule has 2 heterocycles. The van der Waals surface area contributed by atoms with E-state index in [0.717, 1.165) is 12.3 Å². The fourth-order valence-electron chi connectivity index (χ4n) is 3.64. The van der Waals surface area contributed by atoms with Gasteiger partial charge in [-0.05, 0) is 30.7 Å². The Balaban J connectivity index is 1.81. The van der Waals surface area contributed by atoms with Gasteiger partial charge in [0.2, 0.25) is 10.0 Å². The van der Waals surface area contributed by atoms with E-state index in [2.05, 4.69) is 10.3 Å². The second-order valence-electron chi connectivity index (χ2n) is 6.08. The number of nitrogens with one attached hydrogen (secondary N) is 1. The van der Waals surface area contributed by atoms with Crippen LogP contribution in [0.3, 0.4) is 0 Å². The summed E-state index contributed by atoms with van der Waals surface area (Å²) in [6.45, 7) is 1.34. The number of nitrogens with zero attached hydrogens (tertiary/aromatic N) is 2. The van der Waals surface area contributed by atoms with E-state index < -0.39 is 10.0 Å². The molecule has 2 unspecified atom stereocenters. The number of pyridine rings is 1. The first kappa shape index (κ1) is 14.8. The van der Waals surface area contributed by atoms with Crippen molar-refractivity contribution in [2.75, 3.05) is 25.5 Å². The summed E-state index contributed by atoms with van der Waals surface area (Å²) in [5.41, 5.74) is 0. The third-order valence-electron chi connectivity index (χ3n) is 4.88. The van der Waals surface area contributed by atoms with Crippen LogP contribution < -0.4 is 5.32 Å². The fraction of sp³-hybridized carbons (Fsp3) is 0.667. The molecule has 5 nitrogen and oxygen atoms in total. The van der Waals surface area contributed by atoms with Crippen LogP contribution >= 0.6 is 0 Å². The van der Waals surface area contributed by atoms with E-state index in [9.17, 15) is 8.42 Å². The molecular weight excluding hydrogens is 286 g/mol. The number of hydrogen-bond acceptors (Lipinski definition) is 4. The van der Waals surface area contributed by atoms with Crippen LogP contribution in [0.2, 0.25) is 0 Å². The quantitative estimate of drug-likeness (QED) is 0.931. The maximum absolute atomic E-state index is 12.8. The van der Waals surface area contributed by atoms with Crippen molar-refractivity contribution >= 4 is 15.8 Å². The van der Waals surface area contributed by atoms with Crippen molar-refractivity contribution in [2.45, 2.75) is 37.0 Å². The molecule has 1 aromatic heterocycles. The molecule has 1 saturated heterocycles. The summed E-state index contributed by atoms with van der Waals surface area (Å²) in [6.07, 6.45) is 7.56. The Kier molecular flexibility index (Phi) is 4.17. The lowest BCUT2D eigenvalue weighted by atomic mass is 9.76. The molecule has 1 saturated carbocycles. The van der Waals surface area contributed by atoms with Crippen molar-refractivity contribution in [3.63, 3.8) is 0 Å². The number of sulfonamides is 1. The molecular formula is C15H23N3O2S. The molecule has 0 spiro atoms. The first-order valence-electron chi connectivity index (χ1n) is 7.75. The second kappa shape index (κ2) is 5.93. The van der Waals surface area contributed by atoms with E-state index in [0.29, 0.717) is 29.7 Å². The topological polar surface area (TPSA) is 62.3 Å². The summed E-state index contributed by atoms with van der Waals surface area (Å²) in [4.78, 5) is 4.43. The van der Waals surface area contributed by atoms with Gasteiger partial charge in [-0.3, -0.25) is 0 Å². The van der Waals surface area contributed by atoms with E-state index in [4.69, 9.17) is 0 Å². The van der Waals surface area contributed by atoms with E-state index in [1.165, 1.54) is 25.7 Å². The summed E-state index contributed by atoms with van der Waals surface area (Å²) in [5, 5.41) is 2.89. The van der Waals surface area contributed by atoms with E-state index >= 15 is 0 Å². The van der Waals surface area contributed by atoms with Gasteiger partial charge >= 0.3 is 0 Å². The Bertz CT molecular complexity index is 603. The Morgan fingerprint density at radius 2 is 2.00 bits per heavy atom. The van der Waals surface area contributed by atoms with Gasteiger partial charge in [-0.2, -0.15) is 4.31 Å². The van der Waals surface area contributed by atoms with Crippen molar-refractivity contribution in [1.29, 1.82) is 0 Å². The third kappa shape index (κ3) is 2.92. The van der Waals surface area contributed by atoms with Crippen molar-refractivity contribution < 1.29 is 8.42 Å². The lowest BCUT2D eigenvalue weighted by molar-refractivity contribution is 0.136. The molecule has 2 fully saturated rings. The van der Waals surface area contributed by atoms with Crippen molar-refractivity contribution in [2.24, 2.45) is 11.8 Å². The van der Waals surface area contributed by atoms with Crippen LogP contribution in [0.5, 0.6) is 0 Å². The summed E-state index contributed by atoms with van der Waals surface area (Å²) in [5.74, 6) is 1.87. The molecule has 1 aliphatic carbocycles. The standard InChI is InChI=1S/C15H23N3O2S/c1-16-15-10-14(6-8-17-15)21(19,20)18-9-7-12-4-2-3-5-13(12)11-18/h6,8,10,12-13H,2-5,7,9,11H2,1H3,(H,16,17). The maximum atomic E-state index is 12.8. The molecule has 2 atom stereocenters. The SMILES string of the molecule is CNc1cc(S(=O)(=O)N2CCC3CCCCC3C2)ccn1. The molecule has 1 N–H and O–H groups in total. The molecule has 1 aromatic rings. The first-order chi connectivity index (χ1) is 10.1. The van der Waals surface area contributed by atoms with Crippen LogP contribution in [0.15, 0.2) is 23.2 Å². The summed E-state index contributed by atoms with van der Waals surface area (Å²) >= 11 is 0. The highest BCUT2D eigenvalue weighted by atomic mass is 32.2. The Morgan fingerprint density at radius 3 is 2.76 bits per heavy atom. The molecule has 2 aliphatic rings. The van der Waals surface area contributed by atoms with Gasteiger partial charge in [-0.1, -0.05) is 19.3 Å². The molecule has 21 heavy (non-hydrogen) atoms. The molecule has 0 radical (unpaired) electrons. The van der Waals surface area contributed by atoms with Gasteiger partial charge in [-0.25, -0.2) is 13.4 Å². The normalized spacial score (nSPS) is 27.1. The van der Waals surface area contributed by atoms with Crippen LogP contribution in [0.1, 0.15) is 32.1 Å². The highest BCUT2D eigenvalue weighted by molar-refractivity contribution is 7.89. The lowest BCUT2D eigenvalue weighted by Gasteiger charge is -2.40. The van der Waals surface area contributed by atoms with E-state index in [1.807, 2.05) is 0 Å². The van der Waals surface area contributed by atoms with Gasteiger partial charge in [0.15, 0.2) is 0 Å². The smallest absolute Gasteiger partial charge is 0.243 e. The first-order valence-corrected chi connectivity index (χ1v) is 9.19. The summed E-state index contributed by atoms with van der Waals surface area (Å²) in [6, 6.07) is 3.20. The molecule has 116 valence electrons. The maximum Gasteiger partial charge on any atom is 0.243 e. The van der Waals surface area contributed by atoms with Gasteiger partial charge in [0.1, 0.15) is 5.82 Å². The lowest BCUT2D eigenvalue weighted by Crippen LogP contribution is -2.44. The molecule has 0 aromatic carbocycles. The highest BCUT2D eigenvalue weighted by Gasteiger charge is 2.36. The number of hydrogen-bond donors (Lipinski definition) is 1. The monoisotopic (exact) mass is 309 g/mol. The zero-order chi connectivity index (χ0) is 14.9. The van der Waals surface area contributed by atoms with Crippen LogP contribution in [0.25, 0.3) is 0 Å². The van der Waals surface area contributed by atoms with Crippen LogP contribution in [0, 0.1) is 11.8 Å². The van der Waals surface area contributed by atoms with Gasteiger partial charge < -0.3 is 5.32 Å². The van der Waals surface area contributed by atoms with Crippen LogP contribution in [0.4, 0.5) is 5.82 Å². The minimum Gasteiger partial charge on any atom is -0.373 e.